The van der Waals surface area contributed by atoms with Crippen molar-refractivity contribution in [3.05, 3.63) is 29.7 Å². The molecule has 0 saturated carbocycles. The number of nitrogens with two attached hydrogens (primary N) is 1. The van der Waals surface area contributed by atoms with E-state index in [1.54, 1.807) is 0 Å². The summed E-state index contributed by atoms with van der Waals surface area (Å²) in [6.45, 7) is 3.89. The average molecular weight is 231 g/mol. The molecule has 2 aliphatic heterocycles. The van der Waals surface area contributed by atoms with Gasteiger partial charge in [-0.25, -0.2) is 0 Å². The largest absolute Gasteiger partial charge is 0.493 e. The Bertz CT molecular complexity index is 430. The van der Waals surface area contributed by atoms with Crippen LogP contribution in [0.5, 0.6) is 5.75 Å². The molecule has 0 aliphatic carbocycles. The Labute approximate surface area is 103 Å². The van der Waals surface area contributed by atoms with Gasteiger partial charge < -0.3 is 15.4 Å². The van der Waals surface area contributed by atoms with Gasteiger partial charge in [0.15, 0.2) is 0 Å². The van der Waals surface area contributed by atoms with E-state index in [1.165, 1.54) is 16.8 Å². The van der Waals surface area contributed by atoms with Crippen molar-refractivity contribution in [1.82, 2.24) is 0 Å². The minimum Gasteiger partial charge on any atom is -0.493 e. The molecule has 3 heteroatoms. The Balaban J connectivity index is 2.06. The van der Waals surface area contributed by atoms with Crippen LogP contribution in [0, 0.1) is 6.42 Å². The smallest absolute Gasteiger partial charge is 0.124 e. The Morgan fingerprint density at radius 3 is 3.12 bits per heavy atom. The first-order valence-electron chi connectivity index (χ1n) is 6.40. The van der Waals surface area contributed by atoms with Gasteiger partial charge in [-0.15, -0.1) is 0 Å². The molecule has 0 aromatic heterocycles. The van der Waals surface area contributed by atoms with Crippen LogP contribution in [0.4, 0.5) is 5.69 Å². The molecule has 0 saturated heterocycles. The summed E-state index contributed by atoms with van der Waals surface area (Å²) >= 11 is 0. The van der Waals surface area contributed by atoms with Gasteiger partial charge in [0.1, 0.15) is 5.75 Å². The van der Waals surface area contributed by atoms with Crippen LogP contribution < -0.4 is 15.4 Å². The highest BCUT2D eigenvalue weighted by molar-refractivity contribution is 5.68. The molecular formula is C14H19N2O. The minimum atomic E-state index is 0.0182. The van der Waals surface area contributed by atoms with Crippen LogP contribution in [0.3, 0.4) is 0 Å². The van der Waals surface area contributed by atoms with Gasteiger partial charge in [0, 0.05) is 17.8 Å². The Hall–Kier alpha value is -1.22. The number of fused-ring (bicyclic) bond motifs is 3. The first-order chi connectivity index (χ1) is 8.31. The summed E-state index contributed by atoms with van der Waals surface area (Å²) in [5, 5.41) is 0. The van der Waals surface area contributed by atoms with Crippen LogP contribution in [-0.4, -0.2) is 19.3 Å². The second-order valence-electron chi connectivity index (χ2n) is 4.77. The molecule has 0 unspecified atom stereocenters. The van der Waals surface area contributed by atoms with Crippen molar-refractivity contribution in [2.45, 2.75) is 32.4 Å². The highest BCUT2D eigenvalue weighted by Gasteiger charge is 2.28. The molecule has 0 bridgehead atoms. The fourth-order valence-corrected chi connectivity index (χ4v) is 2.86. The molecule has 3 rings (SSSR count). The van der Waals surface area contributed by atoms with Crippen molar-refractivity contribution in [2.75, 3.05) is 18.1 Å². The zero-order chi connectivity index (χ0) is 11.8. The molecule has 0 spiro atoms. The lowest BCUT2D eigenvalue weighted by atomic mass is 10.00. The van der Waals surface area contributed by atoms with Gasteiger partial charge in [-0.05, 0) is 37.3 Å². The van der Waals surface area contributed by atoms with Crippen molar-refractivity contribution < 1.29 is 4.74 Å². The van der Waals surface area contributed by atoms with Crippen LogP contribution in [0.15, 0.2) is 12.1 Å². The van der Waals surface area contributed by atoms with Crippen LogP contribution in [0.25, 0.3) is 0 Å². The van der Waals surface area contributed by atoms with Crippen molar-refractivity contribution in [1.29, 1.82) is 0 Å². The van der Waals surface area contributed by atoms with E-state index < -0.39 is 0 Å². The maximum Gasteiger partial charge on any atom is 0.124 e. The van der Waals surface area contributed by atoms with E-state index in [1.807, 2.05) is 6.92 Å². The van der Waals surface area contributed by atoms with E-state index in [0.29, 0.717) is 0 Å². The van der Waals surface area contributed by atoms with Crippen LogP contribution in [0.2, 0.25) is 0 Å². The van der Waals surface area contributed by atoms with E-state index in [-0.39, 0.29) is 6.17 Å². The van der Waals surface area contributed by atoms with E-state index >= 15 is 0 Å². The fraction of sp³-hybridized carbons (Fsp3) is 0.500. The van der Waals surface area contributed by atoms with Crippen molar-refractivity contribution in [2.24, 2.45) is 5.73 Å². The van der Waals surface area contributed by atoms with Gasteiger partial charge in [0.05, 0.1) is 12.8 Å². The summed E-state index contributed by atoms with van der Waals surface area (Å²) in [6, 6.07) is 4.32. The van der Waals surface area contributed by atoms with E-state index in [9.17, 15) is 0 Å². The van der Waals surface area contributed by atoms with Crippen LogP contribution in [0.1, 0.15) is 24.5 Å². The van der Waals surface area contributed by atoms with Crippen molar-refractivity contribution in [3.63, 3.8) is 0 Å². The maximum absolute atomic E-state index is 6.16. The van der Waals surface area contributed by atoms with Crippen molar-refractivity contribution in [3.8, 4) is 5.75 Å². The number of ether oxygens (including phenoxy) is 1. The summed E-state index contributed by atoms with van der Waals surface area (Å²) in [7, 11) is 0. The lowest BCUT2D eigenvalue weighted by Crippen LogP contribution is -2.41. The molecule has 3 nitrogen and oxygen atoms in total. The molecule has 17 heavy (non-hydrogen) atoms. The van der Waals surface area contributed by atoms with Gasteiger partial charge in [-0.1, -0.05) is 13.0 Å². The average Bonchev–Trinajstić information content (AvgIpc) is 2.82. The predicted octanol–water partition coefficient (Wildman–Crippen LogP) is 1.88. The highest BCUT2D eigenvalue weighted by Crippen LogP contribution is 2.40. The van der Waals surface area contributed by atoms with E-state index in [0.717, 1.165) is 38.2 Å². The van der Waals surface area contributed by atoms with Crippen LogP contribution >= 0.6 is 0 Å². The van der Waals surface area contributed by atoms with Crippen molar-refractivity contribution >= 4 is 5.69 Å². The molecule has 91 valence electrons. The van der Waals surface area contributed by atoms with E-state index in [2.05, 4.69) is 23.5 Å². The molecule has 2 N–H and O–H groups in total. The molecule has 2 heterocycles. The van der Waals surface area contributed by atoms with Gasteiger partial charge in [0.2, 0.25) is 0 Å². The first-order valence-corrected chi connectivity index (χ1v) is 6.40. The lowest BCUT2D eigenvalue weighted by molar-refractivity contribution is 0.288. The Morgan fingerprint density at radius 2 is 2.29 bits per heavy atom. The number of hydrogen-bond donors (Lipinski definition) is 1. The SMILES string of the molecule is C[CH][C@@H](N)N1CCc2ccc3c(c21)CCCO3. The molecule has 1 atom stereocenters. The summed E-state index contributed by atoms with van der Waals surface area (Å²) in [4.78, 5) is 2.31. The zero-order valence-electron chi connectivity index (χ0n) is 10.3. The standard InChI is InChI=1S/C14H19N2O/c1-2-13(15)16-8-7-10-5-6-12-11(14(10)16)4-3-9-17-12/h2,5-6,13H,3-4,7-9,15H2,1H3/t13-/m0/s1. The minimum absolute atomic E-state index is 0.0182. The number of anilines is 1. The second kappa shape index (κ2) is 4.22. The number of benzene rings is 1. The Morgan fingerprint density at radius 1 is 1.41 bits per heavy atom. The van der Waals surface area contributed by atoms with E-state index in [4.69, 9.17) is 10.5 Å². The molecule has 1 aromatic carbocycles. The summed E-state index contributed by atoms with van der Waals surface area (Å²) in [6.07, 6.45) is 5.40. The fourth-order valence-electron chi connectivity index (χ4n) is 2.86. The summed E-state index contributed by atoms with van der Waals surface area (Å²) in [5.41, 5.74) is 10.3. The monoisotopic (exact) mass is 231 g/mol. The molecular weight excluding hydrogens is 212 g/mol. The third kappa shape index (κ3) is 1.69. The predicted molar refractivity (Wildman–Crippen MR) is 69.3 cm³/mol. The molecule has 0 fully saturated rings. The lowest BCUT2D eigenvalue weighted by Gasteiger charge is -2.30. The van der Waals surface area contributed by atoms with Gasteiger partial charge in [-0.3, -0.25) is 0 Å². The molecule has 2 aliphatic rings. The third-order valence-corrected chi connectivity index (χ3v) is 3.76. The second-order valence-corrected chi connectivity index (χ2v) is 4.77. The molecule has 0 amide bonds. The quantitative estimate of drug-likeness (QED) is 0.844. The zero-order valence-corrected chi connectivity index (χ0v) is 10.3. The summed E-state index contributed by atoms with van der Waals surface area (Å²) < 4.78 is 5.73. The topological polar surface area (TPSA) is 38.5 Å². The van der Waals surface area contributed by atoms with Gasteiger partial charge in [0.25, 0.3) is 0 Å². The summed E-state index contributed by atoms with van der Waals surface area (Å²) in [5.74, 6) is 1.06. The number of rotatable bonds is 2. The molecule has 1 radical (unpaired) electrons. The highest BCUT2D eigenvalue weighted by atomic mass is 16.5. The maximum atomic E-state index is 6.16. The van der Waals surface area contributed by atoms with Gasteiger partial charge >= 0.3 is 0 Å². The third-order valence-electron chi connectivity index (χ3n) is 3.76. The normalized spacial score (nSPS) is 19.5. The van der Waals surface area contributed by atoms with Gasteiger partial charge in [-0.2, -0.15) is 0 Å². The Kier molecular flexibility index (Phi) is 2.71. The first kappa shape index (κ1) is 10.9. The van der Waals surface area contributed by atoms with Crippen LogP contribution in [-0.2, 0) is 12.8 Å². The number of nitrogens with zero attached hydrogens (tertiary/aromatic N) is 1. The number of hydrogen-bond acceptors (Lipinski definition) is 3. The molecule has 1 aromatic rings.